The first-order valence-corrected chi connectivity index (χ1v) is 11.2. The lowest BCUT2D eigenvalue weighted by atomic mass is 10.2. The third-order valence-electron chi connectivity index (χ3n) is 5.03. The van der Waals surface area contributed by atoms with Crippen LogP contribution >= 0.6 is 0 Å². The van der Waals surface area contributed by atoms with Crippen molar-refractivity contribution in [3.05, 3.63) is 60.1 Å². The minimum Gasteiger partial charge on any atom is -0.463 e. The van der Waals surface area contributed by atoms with Crippen molar-refractivity contribution >= 4 is 24.0 Å². The van der Waals surface area contributed by atoms with Crippen LogP contribution in [0.25, 0.3) is 6.08 Å². The van der Waals surface area contributed by atoms with Gasteiger partial charge >= 0.3 is 12.1 Å². The number of hydrogen-bond acceptors (Lipinski definition) is 7. The smallest absolute Gasteiger partial charge is 0.416 e. The fraction of sp³-hybridized carbons (Fsp3) is 0.440. The van der Waals surface area contributed by atoms with E-state index in [0.717, 1.165) is 19.5 Å². The summed E-state index contributed by atoms with van der Waals surface area (Å²) in [6.07, 6.45) is 6.26. The highest BCUT2D eigenvalue weighted by Gasteiger charge is 2.35. The summed E-state index contributed by atoms with van der Waals surface area (Å²) in [6.45, 7) is 9.98. The molecule has 1 fully saturated rings. The van der Waals surface area contributed by atoms with Crippen LogP contribution in [-0.4, -0.2) is 58.3 Å². The van der Waals surface area contributed by atoms with Gasteiger partial charge in [-0.25, -0.2) is 14.6 Å². The zero-order valence-electron chi connectivity index (χ0n) is 19.7. The van der Waals surface area contributed by atoms with Gasteiger partial charge in [-0.1, -0.05) is 30.3 Å². The van der Waals surface area contributed by atoms with Crippen LogP contribution in [0.4, 0.5) is 10.6 Å². The topological polar surface area (TPSA) is 84.9 Å². The maximum Gasteiger partial charge on any atom is 0.416 e. The number of rotatable bonds is 7. The first kappa shape index (κ1) is 24.4. The Bertz CT molecular complexity index is 955. The lowest BCUT2D eigenvalue weighted by molar-refractivity contribution is -0.137. The second kappa shape index (κ2) is 11.0. The van der Waals surface area contributed by atoms with Crippen LogP contribution in [0.5, 0.6) is 0 Å². The fourth-order valence-corrected chi connectivity index (χ4v) is 3.63. The van der Waals surface area contributed by atoms with E-state index in [1.807, 2.05) is 39.0 Å². The third-order valence-corrected chi connectivity index (χ3v) is 5.03. The number of ether oxygens (including phenoxy) is 2. The zero-order valence-corrected chi connectivity index (χ0v) is 19.7. The van der Waals surface area contributed by atoms with E-state index in [1.165, 1.54) is 30.1 Å². The number of hydrogen-bond donors (Lipinski definition) is 0. The summed E-state index contributed by atoms with van der Waals surface area (Å²) in [5.74, 6) is -0.0210. The molecule has 1 aliphatic rings. The molecule has 3 rings (SSSR count). The first-order chi connectivity index (χ1) is 15.7. The van der Waals surface area contributed by atoms with Gasteiger partial charge in [-0.05, 0) is 45.8 Å². The molecule has 2 aromatic rings. The number of nitrogens with zero attached hydrogens (tertiary/aromatic N) is 4. The van der Waals surface area contributed by atoms with Gasteiger partial charge < -0.3 is 9.47 Å². The first-order valence-electron chi connectivity index (χ1n) is 11.2. The quantitative estimate of drug-likeness (QED) is 0.462. The number of aromatic nitrogens is 2. The van der Waals surface area contributed by atoms with Crippen molar-refractivity contribution < 1.29 is 19.1 Å². The number of benzene rings is 1. The molecule has 0 N–H and O–H groups in total. The Morgan fingerprint density at radius 2 is 1.94 bits per heavy atom. The van der Waals surface area contributed by atoms with Crippen LogP contribution in [0.1, 0.15) is 45.4 Å². The predicted molar refractivity (Wildman–Crippen MR) is 127 cm³/mol. The molecular weight excluding hydrogens is 420 g/mol. The van der Waals surface area contributed by atoms with E-state index in [-0.39, 0.29) is 6.04 Å². The highest BCUT2D eigenvalue weighted by Crippen LogP contribution is 2.25. The normalized spacial score (nSPS) is 16.7. The molecule has 176 valence electrons. The Morgan fingerprint density at radius 1 is 1.18 bits per heavy atom. The molecule has 1 saturated heterocycles. The molecule has 0 unspecified atom stereocenters. The highest BCUT2D eigenvalue weighted by atomic mass is 16.6. The molecule has 33 heavy (non-hydrogen) atoms. The molecule has 0 saturated carbocycles. The van der Waals surface area contributed by atoms with Gasteiger partial charge in [0.1, 0.15) is 5.60 Å². The monoisotopic (exact) mass is 452 g/mol. The van der Waals surface area contributed by atoms with Crippen LogP contribution in [0.15, 0.2) is 48.8 Å². The zero-order chi connectivity index (χ0) is 23.8. The van der Waals surface area contributed by atoms with E-state index in [0.29, 0.717) is 24.7 Å². The summed E-state index contributed by atoms with van der Waals surface area (Å²) < 4.78 is 10.6. The van der Waals surface area contributed by atoms with Crippen LogP contribution in [0.3, 0.4) is 0 Å². The molecule has 1 amide bonds. The molecule has 2 heterocycles. The summed E-state index contributed by atoms with van der Waals surface area (Å²) in [6, 6.07) is 10.2. The molecule has 8 nitrogen and oxygen atoms in total. The van der Waals surface area contributed by atoms with E-state index in [1.54, 1.807) is 11.8 Å². The van der Waals surface area contributed by atoms with Gasteiger partial charge in [0.25, 0.3) is 0 Å². The van der Waals surface area contributed by atoms with Crippen LogP contribution in [-0.2, 0) is 20.8 Å². The Hall–Kier alpha value is -3.26. The van der Waals surface area contributed by atoms with E-state index in [9.17, 15) is 9.59 Å². The number of carbonyl (C=O) groups is 2. The average molecular weight is 453 g/mol. The molecule has 1 atom stereocenters. The summed E-state index contributed by atoms with van der Waals surface area (Å²) in [5, 5.41) is 0. The van der Waals surface area contributed by atoms with Crippen LogP contribution in [0.2, 0.25) is 0 Å². The summed E-state index contributed by atoms with van der Waals surface area (Å²) in [4.78, 5) is 37.4. The van der Waals surface area contributed by atoms with E-state index < -0.39 is 17.7 Å². The van der Waals surface area contributed by atoms with Crippen molar-refractivity contribution in [3.8, 4) is 0 Å². The van der Waals surface area contributed by atoms with Gasteiger partial charge in [0, 0.05) is 25.7 Å². The van der Waals surface area contributed by atoms with Crippen molar-refractivity contribution in [3.63, 3.8) is 0 Å². The van der Waals surface area contributed by atoms with E-state index >= 15 is 0 Å². The Labute approximate surface area is 195 Å². The SMILES string of the molecule is CCOC(=O)/C=C/c1cnc(N(C(=O)OC(C)(C)C)[C@@H]2CCN(Cc3ccccc3)C2)cn1. The van der Waals surface area contributed by atoms with Crippen LogP contribution < -0.4 is 4.90 Å². The van der Waals surface area contributed by atoms with Crippen molar-refractivity contribution in [2.75, 3.05) is 24.6 Å². The van der Waals surface area contributed by atoms with Crippen molar-refractivity contribution in [2.24, 2.45) is 0 Å². The second-order valence-corrected chi connectivity index (χ2v) is 8.90. The number of anilines is 1. The van der Waals surface area contributed by atoms with Gasteiger partial charge in [-0.3, -0.25) is 14.8 Å². The van der Waals surface area contributed by atoms with Crippen LogP contribution in [0, 0.1) is 0 Å². The van der Waals surface area contributed by atoms with E-state index in [2.05, 4.69) is 27.0 Å². The van der Waals surface area contributed by atoms with Crippen molar-refractivity contribution in [1.82, 2.24) is 14.9 Å². The minimum atomic E-state index is -0.632. The molecular formula is C25H32N4O4. The third kappa shape index (κ3) is 7.39. The standard InChI is InChI=1S/C25H32N4O4/c1-5-32-23(30)12-11-20-15-27-22(16-26-20)29(24(31)33-25(2,3)4)21-13-14-28(18-21)17-19-9-7-6-8-10-19/h6-12,15-16,21H,5,13-14,17-18H2,1-4H3/b12-11+/t21-/m1/s1. The maximum atomic E-state index is 13.1. The molecule has 0 radical (unpaired) electrons. The van der Waals surface area contributed by atoms with Crippen molar-refractivity contribution in [1.29, 1.82) is 0 Å². The molecule has 0 bridgehead atoms. The van der Waals surface area contributed by atoms with Gasteiger partial charge in [-0.15, -0.1) is 0 Å². The molecule has 8 heteroatoms. The molecule has 1 aliphatic heterocycles. The fourth-order valence-electron chi connectivity index (χ4n) is 3.63. The van der Waals surface area contributed by atoms with Gasteiger partial charge in [-0.2, -0.15) is 0 Å². The Morgan fingerprint density at radius 3 is 2.58 bits per heavy atom. The lowest BCUT2D eigenvalue weighted by Gasteiger charge is -2.30. The van der Waals surface area contributed by atoms with E-state index in [4.69, 9.17) is 9.47 Å². The number of likely N-dealkylation sites (tertiary alicyclic amines) is 1. The predicted octanol–water partition coefficient (Wildman–Crippen LogP) is 4.07. The number of esters is 1. The van der Waals surface area contributed by atoms with Gasteiger partial charge in [0.05, 0.1) is 30.7 Å². The van der Waals surface area contributed by atoms with Crippen molar-refractivity contribution in [2.45, 2.75) is 52.3 Å². The highest BCUT2D eigenvalue weighted by molar-refractivity contribution is 5.88. The minimum absolute atomic E-state index is 0.0845. The molecule has 1 aromatic carbocycles. The average Bonchev–Trinajstić information content (AvgIpc) is 3.21. The second-order valence-electron chi connectivity index (χ2n) is 8.90. The summed E-state index contributed by atoms with van der Waals surface area (Å²) in [7, 11) is 0. The molecule has 0 spiro atoms. The Kier molecular flexibility index (Phi) is 8.16. The van der Waals surface area contributed by atoms with Gasteiger partial charge in [0.2, 0.25) is 0 Å². The lowest BCUT2D eigenvalue weighted by Crippen LogP contribution is -2.45. The van der Waals surface area contributed by atoms with Gasteiger partial charge in [0.15, 0.2) is 5.82 Å². The maximum absolute atomic E-state index is 13.1. The molecule has 0 aliphatic carbocycles. The number of carbonyl (C=O) groups excluding carboxylic acids is 2. The molecule has 1 aromatic heterocycles. The number of amides is 1. The largest absolute Gasteiger partial charge is 0.463 e. The summed E-state index contributed by atoms with van der Waals surface area (Å²) >= 11 is 0. The summed E-state index contributed by atoms with van der Waals surface area (Å²) in [5.41, 5.74) is 1.10. The Balaban J connectivity index is 1.76.